The Labute approximate surface area is 163 Å². The predicted molar refractivity (Wildman–Crippen MR) is 100 cm³/mol. The molecule has 0 amide bonds. The van der Waals surface area contributed by atoms with Gasteiger partial charge in [0.2, 0.25) is 0 Å². The van der Waals surface area contributed by atoms with Gasteiger partial charge in [-0.3, -0.25) is 4.98 Å². The summed E-state index contributed by atoms with van der Waals surface area (Å²) < 4.78 is 37.8. The Morgan fingerprint density at radius 3 is 2.54 bits per heavy atom. The first-order valence-corrected chi connectivity index (χ1v) is 8.85. The minimum Gasteiger partial charge on any atom is -0.346 e. The summed E-state index contributed by atoms with van der Waals surface area (Å²) in [6.45, 7) is 0. The molecule has 0 aliphatic heterocycles. The quantitative estimate of drug-likeness (QED) is 0.477. The molecule has 0 spiro atoms. The minimum atomic E-state index is -4.44. The van der Waals surface area contributed by atoms with Crippen molar-refractivity contribution in [1.82, 2.24) is 19.9 Å². The number of aromatic nitrogens is 4. The van der Waals surface area contributed by atoms with Gasteiger partial charge < -0.3 is 4.98 Å². The Balaban J connectivity index is 1.51. The molecule has 4 nitrogen and oxygen atoms in total. The average Bonchev–Trinajstić information content (AvgIpc) is 3.07. The van der Waals surface area contributed by atoms with Crippen molar-refractivity contribution >= 4 is 22.6 Å². The van der Waals surface area contributed by atoms with Crippen LogP contribution in [0.1, 0.15) is 28.1 Å². The second-order valence-electron chi connectivity index (χ2n) is 6.37. The summed E-state index contributed by atoms with van der Waals surface area (Å²) in [6, 6.07) is 9.94. The normalized spacial score (nSPS) is 11.9. The lowest BCUT2D eigenvalue weighted by Crippen LogP contribution is -2.08. The molecule has 0 saturated carbocycles. The summed E-state index contributed by atoms with van der Waals surface area (Å²) in [7, 11) is 0. The second-order valence-corrected chi connectivity index (χ2v) is 6.73. The highest BCUT2D eigenvalue weighted by Crippen LogP contribution is 2.28. The van der Waals surface area contributed by atoms with Crippen molar-refractivity contribution in [3.05, 3.63) is 88.2 Å². The van der Waals surface area contributed by atoms with Crippen LogP contribution in [0.25, 0.3) is 11.0 Å². The molecular formula is C20H14ClF3N4. The molecule has 0 aliphatic carbocycles. The smallest absolute Gasteiger partial charge is 0.346 e. The van der Waals surface area contributed by atoms with Crippen molar-refractivity contribution in [2.24, 2.45) is 0 Å². The zero-order valence-corrected chi connectivity index (χ0v) is 15.2. The van der Waals surface area contributed by atoms with E-state index in [-0.39, 0.29) is 0 Å². The van der Waals surface area contributed by atoms with Gasteiger partial charge in [0.05, 0.1) is 0 Å². The van der Waals surface area contributed by atoms with Crippen molar-refractivity contribution < 1.29 is 13.2 Å². The van der Waals surface area contributed by atoms with Crippen molar-refractivity contribution in [1.29, 1.82) is 0 Å². The van der Waals surface area contributed by atoms with E-state index in [1.807, 2.05) is 30.5 Å². The zero-order valence-electron chi connectivity index (χ0n) is 14.5. The van der Waals surface area contributed by atoms with Gasteiger partial charge in [0.15, 0.2) is 0 Å². The number of hydrogen-bond donors (Lipinski definition) is 1. The molecule has 0 fully saturated rings. The lowest BCUT2D eigenvalue weighted by atomic mass is 10.1. The van der Waals surface area contributed by atoms with E-state index in [1.165, 1.54) is 12.3 Å². The van der Waals surface area contributed by atoms with Crippen LogP contribution in [0.15, 0.2) is 55.0 Å². The monoisotopic (exact) mass is 402 g/mol. The van der Waals surface area contributed by atoms with Gasteiger partial charge in [0.25, 0.3) is 0 Å². The van der Waals surface area contributed by atoms with Crippen LogP contribution in [0, 0.1) is 0 Å². The number of rotatable bonds is 4. The molecule has 1 N–H and O–H groups in total. The lowest BCUT2D eigenvalue weighted by molar-refractivity contribution is -0.141. The van der Waals surface area contributed by atoms with Gasteiger partial charge >= 0.3 is 6.18 Å². The molecule has 0 aliphatic rings. The maximum Gasteiger partial charge on any atom is 0.433 e. The molecule has 8 heteroatoms. The predicted octanol–water partition coefficient (Wildman–Crippen LogP) is 5.21. The number of aromatic amines is 1. The van der Waals surface area contributed by atoms with Gasteiger partial charge in [-0.15, -0.1) is 0 Å². The molecule has 28 heavy (non-hydrogen) atoms. The van der Waals surface area contributed by atoms with Crippen molar-refractivity contribution in [3.63, 3.8) is 0 Å². The highest BCUT2D eigenvalue weighted by Gasteiger charge is 2.32. The average molecular weight is 403 g/mol. The summed E-state index contributed by atoms with van der Waals surface area (Å²) in [5.41, 5.74) is 3.12. The Morgan fingerprint density at radius 2 is 1.82 bits per heavy atom. The van der Waals surface area contributed by atoms with Gasteiger partial charge in [-0.1, -0.05) is 23.7 Å². The summed E-state index contributed by atoms with van der Waals surface area (Å²) in [4.78, 5) is 15.3. The van der Waals surface area contributed by atoms with Gasteiger partial charge in [0, 0.05) is 42.5 Å². The molecule has 0 atom stereocenters. The summed E-state index contributed by atoms with van der Waals surface area (Å²) in [5, 5.41) is 1.40. The van der Waals surface area contributed by atoms with Crippen LogP contribution in [-0.2, 0) is 19.0 Å². The molecule has 4 aromatic heterocycles. The summed E-state index contributed by atoms with van der Waals surface area (Å²) >= 11 is 6.35. The van der Waals surface area contributed by atoms with Crippen LogP contribution in [-0.4, -0.2) is 19.9 Å². The van der Waals surface area contributed by atoms with Crippen molar-refractivity contribution in [2.45, 2.75) is 19.0 Å². The SMILES string of the molecule is FC(F)(F)c1ccc(Cc2ccc(Cc3c[nH]c4ncccc34)c(Cl)n2)cn1. The first-order chi connectivity index (χ1) is 13.4. The van der Waals surface area contributed by atoms with E-state index >= 15 is 0 Å². The Morgan fingerprint density at radius 1 is 0.964 bits per heavy atom. The highest BCUT2D eigenvalue weighted by molar-refractivity contribution is 6.30. The van der Waals surface area contributed by atoms with Gasteiger partial charge in [0.1, 0.15) is 16.5 Å². The topological polar surface area (TPSA) is 54.5 Å². The molecule has 0 bridgehead atoms. The number of fused-ring (bicyclic) bond motifs is 1. The Hall–Kier alpha value is -2.93. The maximum absolute atomic E-state index is 12.6. The third-order valence-electron chi connectivity index (χ3n) is 4.40. The number of nitrogens with one attached hydrogen (secondary N) is 1. The molecule has 0 unspecified atom stereocenters. The largest absolute Gasteiger partial charge is 0.433 e. The van der Waals surface area contributed by atoms with Crippen LogP contribution >= 0.6 is 11.6 Å². The van der Waals surface area contributed by atoms with E-state index in [4.69, 9.17) is 11.6 Å². The van der Waals surface area contributed by atoms with Crippen LogP contribution < -0.4 is 0 Å². The van der Waals surface area contributed by atoms with Gasteiger partial charge in [-0.25, -0.2) is 9.97 Å². The Bertz CT molecular complexity index is 1120. The Kier molecular flexibility index (Phi) is 4.77. The third-order valence-corrected chi connectivity index (χ3v) is 4.73. The zero-order chi connectivity index (χ0) is 19.7. The van der Waals surface area contributed by atoms with Crippen molar-refractivity contribution in [3.8, 4) is 0 Å². The summed E-state index contributed by atoms with van der Waals surface area (Å²) in [6.07, 6.45) is 1.34. The van der Waals surface area contributed by atoms with E-state index in [0.29, 0.717) is 29.3 Å². The first kappa shape index (κ1) is 18.4. The number of H-pyrrole nitrogens is 1. The molecule has 4 rings (SSSR count). The summed E-state index contributed by atoms with van der Waals surface area (Å²) in [5.74, 6) is 0. The van der Waals surface area contributed by atoms with Gasteiger partial charge in [-0.05, 0) is 41.0 Å². The van der Waals surface area contributed by atoms with E-state index < -0.39 is 11.9 Å². The second kappa shape index (κ2) is 7.24. The van der Waals surface area contributed by atoms with E-state index in [9.17, 15) is 13.2 Å². The van der Waals surface area contributed by atoms with Crippen molar-refractivity contribution in [2.75, 3.05) is 0 Å². The van der Waals surface area contributed by atoms with Gasteiger partial charge in [-0.2, -0.15) is 13.2 Å². The fraction of sp³-hybridized carbons (Fsp3) is 0.150. The molecule has 4 heterocycles. The molecular weight excluding hydrogens is 389 g/mol. The maximum atomic E-state index is 12.6. The lowest BCUT2D eigenvalue weighted by Gasteiger charge is -2.08. The van der Waals surface area contributed by atoms with Crippen LogP contribution in [0.4, 0.5) is 13.2 Å². The molecule has 0 aromatic carbocycles. The first-order valence-electron chi connectivity index (χ1n) is 8.47. The van der Waals surface area contributed by atoms with E-state index in [0.717, 1.165) is 28.2 Å². The number of hydrogen-bond acceptors (Lipinski definition) is 3. The van der Waals surface area contributed by atoms with E-state index in [1.54, 1.807) is 6.20 Å². The van der Waals surface area contributed by atoms with Crippen LogP contribution in [0.5, 0.6) is 0 Å². The van der Waals surface area contributed by atoms with Crippen LogP contribution in [0.3, 0.4) is 0 Å². The fourth-order valence-electron chi connectivity index (χ4n) is 3.00. The fourth-order valence-corrected chi connectivity index (χ4v) is 3.24. The number of halogens is 4. The highest BCUT2D eigenvalue weighted by atomic mass is 35.5. The number of alkyl halides is 3. The van der Waals surface area contributed by atoms with Crippen LogP contribution in [0.2, 0.25) is 5.15 Å². The third kappa shape index (κ3) is 3.84. The number of pyridine rings is 3. The molecule has 0 radical (unpaired) electrons. The standard InChI is InChI=1S/C20H14ClF3N4/c21-18-13(9-14-11-27-19-16(14)2-1-7-25-19)4-5-15(28-18)8-12-3-6-17(26-10-12)20(22,23)24/h1-7,10-11H,8-9H2,(H,25,27). The molecule has 142 valence electrons. The number of nitrogens with zero attached hydrogens (tertiary/aromatic N) is 3. The van der Waals surface area contributed by atoms with E-state index in [2.05, 4.69) is 19.9 Å². The molecule has 0 saturated heterocycles. The molecule has 4 aromatic rings. The minimum absolute atomic E-state index is 0.349.